The highest BCUT2D eigenvalue weighted by Crippen LogP contribution is 2.30. The highest BCUT2D eigenvalue weighted by molar-refractivity contribution is 7.89. The Morgan fingerprint density at radius 2 is 1.44 bits per heavy atom. The fourth-order valence-corrected chi connectivity index (χ4v) is 6.02. The fourth-order valence-electron chi connectivity index (χ4n) is 4.75. The Bertz CT molecular complexity index is 859. The van der Waals surface area contributed by atoms with Gasteiger partial charge in [0, 0.05) is 5.56 Å². The number of sulfonamides is 1. The molecule has 4 rings (SSSR count). The summed E-state index contributed by atoms with van der Waals surface area (Å²) in [6, 6.07) is 17.4. The summed E-state index contributed by atoms with van der Waals surface area (Å²) in [5.41, 5.74) is 2.62. The Morgan fingerprint density at radius 3 is 2.19 bits per heavy atom. The summed E-state index contributed by atoms with van der Waals surface area (Å²) in [7, 11) is -3.51. The van der Waals surface area contributed by atoms with Crippen LogP contribution in [0.5, 0.6) is 0 Å². The first-order valence-electron chi connectivity index (χ1n) is 10.1. The largest absolute Gasteiger partial charge is 0.327 e. The van der Waals surface area contributed by atoms with E-state index in [0.29, 0.717) is 4.90 Å². The van der Waals surface area contributed by atoms with Crippen molar-refractivity contribution >= 4 is 10.0 Å². The van der Waals surface area contributed by atoms with Crippen LogP contribution in [-0.4, -0.2) is 27.5 Å². The fraction of sp³-hybridized carbons (Fsp3) is 0.455. The van der Waals surface area contributed by atoms with Crippen LogP contribution in [0, 0.1) is 0 Å². The molecule has 0 spiro atoms. The third-order valence-electron chi connectivity index (χ3n) is 6.03. The first kappa shape index (κ1) is 18.7. The van der Waals surface area contributed by atoms with Gasteiger partial charge in [-0.25, -0.2) is 13.1 Å². The van der Waals surface area contributed by atoms with Gasteiger partial charge >= 0.3 is 0 Å². The number of fused-ring (bicyclic) bond motifs is 1. The van der Waals surface area contributed by atoms with Crippen LogP contribution in [0.3, 0.4) is 0 Å². The molecule has 2 N–H and O–H groups in total. The Labute approximate surface area is 162 Å². The Kier molecular flexibility index (Phi) is 5.62. The summed E-state index contributed by atoms with van der Waals surface area (Å²) in [6.07, 6.45) is 7.14. The summed E-state index contributed by atoms with van der Waals surface area (Å²) in [4.78, 5) is 1.89. The van der Waals surface area contributed by atoms with Gasteiger partial charge in [0.1, 0.15) is 6.04 Å². The summed E-state index contributed by atoms with van der Waals surface area (Å²) in [5.74, 6) is 0. The molecule has 1 saturated heterocycles. The minimum Gasteiger partial charge on any atom is -0.327 e. The van der Waals surface area contributed by atoms with Crippen molar-refractivity contribution in [1.29, 1.82) is 0 Å². The molecule has 1 aliphatic carbocycles. The van der Waals surface area contributed by atoms with Gasteiger partial charge in [-0.1, -0.05) is 48.9 Å². The normalized spacial score (nSPS) is 24.1. The smallest absolute Gasteiger partial charge is 0.241 e. The third-order valence-corrected chi connectivity index (χ3v) is 7.53. The Balaban J connectivity index is 1.62. The number of hydrogen-bond donors (Lipinski definition) is 2. The topological polar surface area (TPSA) is 50.6 Å². The summed E-state index contributed by atoms with van der Waals surface area (Å²) < 4.78 is 29.0. The first-order valence-corrected chi connectivity index (χ1v) is 11.6. The zero-order valence-corrected chi connectivity index (χ0v) is 16.5. The van der Waals surface area contributed by atoms with Crippen LogP contribution in [0.1, 0.15) is 49.3 Å². The molecule has 5 heteroatoms. The molecule has 0 radical (unpaired) electrons. The van der Waals surface area contributed by atoms with Crippen molar-refractivity contribution < 1.29 is 13.3 Å². The standard InChI is InChI=1S/C22H28N2O2S/c25-27(26,19-12-5-4-6-13-19)23-21-17-18-11-7-8-14-20(18)22(21)24-15-9-2-1-3-10-16-24/h4-8,11-14,21-23H,1-3,9-10,15-17H2/p+1/t21-,22+/m0/s1. The van der Waals surface area contributed by atoms with Crippen molar-refractivity contribution in [2.45, 2.75) is 55.5 Å². The number of nitrogens with one attached hydrogen (secondary N) is 2. The quantitative estimate of drug-likeness (QED) is 0.850. The van der Waals surface area contributed by atoms with E-state index in [4.69, 9.17) is 0 Å². The second-order valence-corrected chi connectivity index (χ2v) is 9.56. The van der Waals surface area contributed by atoms with Gasteiger partial charge in [-0.05, 0) is 49.8 Å². The lowest BCUT2D eigenvalue weighted by Gasteiger charge is -2.32. The van der Waals surface area contributed by atoms with Crippen molar-refractivity contribution in [3.05, 3.63) is 65.7 Å². The first-order chi connectivity index (χ1) is 13.1. The number of benzene rings is 2. The van der Waals surface area contributed by atoms with Crippen molar-refractivity contribution in [3.63, 3.8) is 0 Å². The molecule has 1 aliphatic heterocycles. The lowest BCUT2D eigenvalue weighted by molar-refractivity contribution is -0.933. The van der Waals surface area contributed by atoms with Crippen LogP contribution in [0.15, 0.2) is 59.5 Å². The van der Waals surface area contributed by atoms with Crippen molar-refractivity contribution in [2.24, 2.45) is 0 Å². The van der Waals surface area contributed by atoms with Crippen LogP contribution in [0.4, 0.5) is 0 Å². The predicted molar refractivity (Wildman–Crippen MR) is 107 cm³/mol. The van der Waals surface area contributed by atoms with Gasteiger partial charge < -0.3 is 4.90 Å². The minimum absolute atomic E-state index is 0.0815. The summed E-state index contributed by atoms with van der Waals surface area (Å²) >= 11 is 0. The van der Waals surface area contributed by atoms with Crippen LogP contribution in [0.2, 0.25) is 0 Å². The van der Waals surface area contributed by atoms with Gasteiger partial charge in [-0.2, -0.15) is 0 Å². The lowest BCUT2D eigenvalue weighted by atomic mass is 10.0. The summed E-state index contributed by atoms with van der Waals surface area (Å²) in [6.45, 7) is 2.26. The Hall–Kier alpha value is -1.69. The molecule has 0 bridgehead atoms. The molecule has 2 aromatic carbocycles. The van der Waals surface area contributed by atoms with E-state index in [-0.39, 0.29) is 12.1 Å². The molecule has 0 saturated carbocycles. The van der Waals surface area contributed by atoms with E-state index in [9.17, 15) is 8.42 Å². The number of rotatable bonds is 4. The molecule has 4 nitrogen and oxygen atoms in total. The van der Waals surface area contributed by atoms with Crippen molar-refractivity contribution in [2.75, 3.05) is 13.1 Å². The second-order valence-electron chi connectivity index (χ2n) is 7.85. The van der Waals surface area contributed by atoms with Crippen LogP contribution in [0.25, 0.3) is 0 Å². The average Bonchev–Trinajstić information content (AvgIpc) is 2.99. The molecular weight excluding hydrogens is 356 g/mol. The lowest BCUT2D eigenvalue weighted by Crippen LogP contribution is -3.13. The molecule has 0 amide bonds. The van der Waals surface area contributed by atoms with Gasteiger partial charge in [0.25, 0.3) is 0 Å². The van der Waals surface area contributed by atoms with E-state index in [1.54, 1.807) is 29.2 Å². The van der Waals surface area contributed by atoms with Gasteiger partial charge in [-0.3, -0.25) is 0 Å². The van der Waals surface area contributed by atoms with Crippen molar-refractivity contribution in [1.82, 2.24) is 4.72 Å². The molecule has 1 heterocycles. The van der Waals surface area contributed by atoms with E-state index in [1.165, 1.54) is 43.2 Å². The van der Waals surface area contributed by atoms with E-state index in [2.05, 4.69) is 29.0 Å². The van der Waals surface area contributed by atoms with Crippen LogP contribution >= 0.6 is 0 Å². The van der Waals surface area contributed by atoms with E-state index in [0.717, 1.165) is 19.5 Å². The monoisotopic (exact) mass is 385 g/mol. The summed E-state index contributed by atoms with van der Waals surface area (Å²) in [5, 5.41) is 0. The number of quaternary nitrogens is 1. The second kappa shape index (κ2) is 8.13. The highest BCUT2D eigenvalue weighted by atomic mass is 32.2. The zero-order chi connectivity index (χ0) is 18.7. The van der Waals surface area contributed by atoms with Gasteiger partial charge in [0.05, 0.1) is 24.0 Å². The third kappa shape index (κ3) is 4.10. The molecule has 0 aromatic heterocycles. The molecule has 144 valence electrons. The molecule has 2 aliphatic rings. The van der Waals surface area contributed by atoms with Crippen molar-refractivity contribution in [3.8, 4) is 0 Å². The van der Waals surface area contributed by atoms with E-state index >= 15 is 0 Å². The SMILES string of the molecule is O=S(=O)(N[C@H]1Cc2ccccc2[C@H]1[NH+]1CCCCCCC1)c1ccccc1. The number of hydrogen-bond acceptors (Lipinski definition) is 2. The van der Waals surface area contributed by atoms with E-state index in [1.807, 2.05) is 6.07 Å². The maximum absolute atomic E-state index is 13.0. The molecule has 2 atom stereocenters. The molecule has 1 fully saturated rings. The van der Waals surface area contributed by atoms with Crippen LogP contribution in [-0.2, 0) is 16.4 Å². The minimum atomic E-state index is -3.51. The Morgan fingerprint density at radius 1 is 0.815 bits per heavy atom. The number of likely N-dealkylation sites (tertiary alicyclic amines) is 1. The zero-order valence-electron chi connectivity index (χ0n) is 15.7. The van der Waals surface area contributed by atoms with Gasteiger partial charge in [0.15, 0.2) is 0 Å². The molecule has 2 aromatic rings. The highest BCUT2D eigenvalue weighted by Gasteiger charge is 2.41. The maximum atomic E-state index is 13.0. The molecular formula is C22H29N2O2S+. The average molecular weight is 386 g/mol. The van der Waals surface area contributed by atoms with Crippen LogP contribution < -0.4 is 9.62 Å². The predicted octanol–water partition coefficient (Wildman–Crippen LogP) is 2.48. The van der Waals surface area contributed by atoms with Gasteiger partial charge in [0.2, 0.25) is 10.0 Å². The van der Waals surface area contributed by atoms with Gasteiger partial charge in [-0.15, -0.1) is 0 Å². The molecule has 0 unspecified atom stereocenters. The maximum Gasteiger partial charge on any atom is 0.241 e. The molecule has 27 heavy (non-hydrogen) atoms. The van der Waals surface area contributed by atoms with E-state index < -0.39 is 10.0 Å².